The molecule has 4 nitrogen and oxygen atoms in total. The van der Waals surface area contributed by atoms with Crippen LogP contribution in [0.25, 0.3) is 0 Å². The van der Waals surface area contributed by atoms with E-state index in [0.29, 0.717) is 0 Å². The van der Waals surface area contributed by atoms with Crippen LogP contribution in [0.2, 0.25) is 0 Å². The van der Waals surface area contributed by atoms with Gasteiger partial charge in [-0.3, -0.25) is 4.98 Å². The van der Waals surface area contributed by atoms with Gasteiger partial charge >= 0.3 is 6.09 Å². The third kappa shape index (κ3) is 1.32. The van der Waals surface area contributed by atoms with E-state index in [1.54, 1.807) is 18.1 Å². The number of ether oxygens (including phenoxy) is 1. The third-order valence-corrected chi connectivity index (χ3v) is 2.54. The third-order valence-electron chi connectivity index (χ3n) is 2.54. The summed E-state index contributed by atoms with van der Waals surface area (Å²) in [7, 11) is 1.73. The van der Waals surface area contributed by atoms with Gasteiger partial charge in [-0.1, -0.05) is 6.07 Å². The van der Waals surface area contributed by atoms with Crippen LogP contribution < -0.4 is 0 Å². The molecule has 0 saturated carbocycles. The number of nitrogens with zero attached hydrogens (tertiary/aromatic N) is 2. The number of likely N-dealkylation sites (N-methyl/N-ethyl adjacent to an activating group) is 1. The van der Waals surface area contributed by atoms with Gasteiger partial charge in [0.2, 0.25) is 0 Å². The molecule has 0 N–H and O–H groups in total. The van der Waals surface area contributed by atoms with E-state index < -0.39 is 0 Å². The van der Waals surface area contributed by atoms with Crippen LogP contribution >= 0.6 is 0 Å². The van der Waals surface area contributed by atoms with Gasteiger partial charge in [-0.05, 0) is 19.1 Å². The molecular formula is C10H12N2O2. The Bertz CT molecular complexity index is 339. The van der Waals surface area contributed by atoms with E-state index in [4.69, 9.17) is 4.74 Å². The zero-order valence-electron chi connectivity index (χ0n) is 8.18. The van der Waals surface area contributed by atoms with Crippen LogP contribution in [0.3, 0.4) is 0 Å². The highest BCUT2D eigenvalue weighted by atomic mass is 16.6. The molecule has 1 aliphatic heterocycles. The Morgan fingerprint density at radius 1 is 1.50 bits per heavy atom. The molecule has 0 spiro atoms. The maximum absolute atomic E-state index is 11.2. The summed E-state index contributed by atoms with van der Waals surface area (Å²) in [6.45, 7) is 1.95. The van der Waals surface area contributed by atoms with Crippen LogP contribution in [0.15, 0.2) is 24.4 Å². The summed E-state index contributed by atoms with van der Waals surface area (Å²) in [5, 5.41) is 0. The summed E-state index contributed by atoms with van der Waals surface area (Å²) >= 11 is 0. The summed E-state index contributed by atoms with van der Waals surface area (Å²) in [6, 6.07) is 5.64. The lowest BCUT2D eigenvalue weighted by molar-refractivity contribution is 0.129. The van der Waals surface area contributed by atoms with Gasteiger partial charge in [0.1, 0.15) is 0 Å². The van der Waals surface area contributed by atoms with Crippen molar-refractivity contribution in [1.29, 1.82) is 0 Å². The van der Waals surface area contributed by atoms with Crippen molar-refractivity contribution in [2.24, 2.45) is 0 Å². The molecule has 14 heavy (non-hydrogen) atoms. The van der Waals surface area contributed by atoms with E-state index >= 15 is 0 Å². The number of pyridine rings is 1. The molecule has 0 unspecified atom stereocenters. The number of rotatable bonds is 1. The molecule has 1 aliphatic rings. The molecule has 1 fully saturated rings. The van der Waals surface area contributed by atoms with E-state index in [2.05, 4.69) is 4.98 Å². The molecule has 2 heterocycles. The Hall–Kier alpha value is -1.58. The van der Waals surface area contributed by atoms with Crippen molar-refractivity contribution in [3.8, 4) is 0 Å². The number of amides is 1. The lowest BCUT2D eigenvalue weighted by atomic mass is 10.1. The standard InChI is InChI=1S/C10H12N2O2/c1-7-9(14-10(13)12(7)2)8-5-3-4-6-11-8/h3-7,9H,1-2H3/t7-,9-/m0/s1. The van der Waals surface area contributed by atoms with Gasteiger partial charge in [-0.25, -0.2) is 4.79 Å². The van der Waals surface area contributed by atoms with Crippen LogP contribution in [0.4, 0.5) is 4.79 Å². The Labute approximate surface area is 82.5 Å². The number of hydrogen-bond acceptors (Lipinski definition) is 3. The van der Waals surface area contributed by atoms with Gasteiger partial charge in [0.05, 0.1) is 11.7 Å². The van der Waals surface area contributed by atoms with Crippen LogP contribution in [-0.2, 0) is 4.74 Å². The van der Waals surface area contributed by atoms with Crippen molar-refractivity contribution >= 4 is 6.09 Å². The summed E-state index contributed by atoms with van der Waals surface area (Å²) in [6.07, 6.45) is 1.18. The van der Waals surface area contributed by atoms with Crippen molar-refractivity contribution in [2.45, 2.75) is 19.1 Å². The molecule has 2 rings (SSSR count). The highest BCUT2D eigenvalue weighted by Gasteiger charge is 2.37. The van der Waals surface area contributed by atoms with E-state index in [1.165, 1.54) is 0 Å². The Kier molecular flexibility index (Phi) is 2.11. The maximum atomic E-state index is 11.2. The number of carbonyl (C=O) groups excluding carboxylic acids is 1. The molecule has 1 amide bonds. The molecule has 0 aromatic carbocycles. The van der Waals surface area contributed by atoms with Crippen LogP contribution in [-0.4, -0.2) is 29.1 Å². The zero-order valence-corrected chi connectivity index (χ0v) is 8.18. The average molecular weight is 192 g/mol. The van der Waals surface area contributed by atoms with Crippen LogP contribution in [0, 0.1) is 0 Å². The molecule has 1 aromatic rings. The Balaban J connectivity index is 2.26. The first-order valence-electron chi connectivity index (χ1n) is 4.54. The average Bonchev–Trinajstić information content (AvgIpc) is 2.47. The summed E-state index contributed by atoms with van der Waals surface area (Å²) < 4.78 is 5.20. The topological polar surface area (TPSA) is 42.4 Å². The summed E-state index contributed by atoms with van der Waals surface area (Å²) in [5.74, 6) is 0. The van der Waals surface area contributed by atoms with Crippen molar-refractivity contribution in [1.82, 2.24) is 9.88 Å². The van der Waals surface area contributed by atoms with E-state index in [0.717, 1.165) is 5.69 Å². The fourth-order valence-electron chi connectivity index (χ4n) is 1.51. The molecular weight excluding hydrogens is 180 g/mol. The van der Waals surface area contributed by atoms with Crippen LogP contribution in [0.1, 0.15) is 18.7 Å². The van der Waals surface area contributed by atoms with Crippen molar-refractivity contribution in [3.05, 3.63) is 30.1 Å². The highest BCUT2D eigenvalue weighted by Crippen LogP contribution is 2.29. The van der Waals surface area contributed by atoms with E-state index in [1.807, 2.05) is 25.1 Å². The number of cyclic esters (lactones) is 1. The second-order valence-corrected chi connectivity index (χ2v) is 3.41. The smallest absolute Gasteiger partial charge is 0.410 e. The largest absolute Gasteiger partial charge is 0.437 e. The van der Waals surface area contributed by atoms with Gasteiger partial charge in [0.15, 0.2) is 6.10 Å². The van der Waals surface area contributed by atoms with E-state index in [-0.39, 0.29) is 18.2 Å². The van der Waals surface area contributed by atoms with Gasteiger partial charge < -0.3 is 9.64 Å². The first-order chi connectivity index (χ1) is 6.70. The number of aromatic nitrogens is 1. The molecule has 4 heteroatoms. The fourth-order valence-corrected chi connectivity index (χ4v) is 1.51. The minimum Gasteiger partial charge on any atom is -0.437 e. The minimum atomic E-state index is -0.284. The van der Waals surface area contributed by atoms with Gasteiger partial charge in [0.25, 0.3) is 0 Å². The molecule has 74 valence electrons. The zero-order chi connectivity index (χ0) is 10.1. The van der Waals surface area contributed by atoms with Gasteiger partial charge in [-0.2, -0.15) is 0 Å². The SMILES string of the molecule is C[C@H]1[C@@H](c2ccccn2)OC(=O)N1C. The second kappa shape index (κ2) is 3.29. The predicted octanol–water partition coefficient (Wildman–Crippen LogP) is 1.59. The molecule has 1 saturated heterocycles. The molecule has 0 aliphatic carbocycles. The number of hydrogen-bond donors (Lipinski definition) is 0. The summed E-state index contributed by atoms with van der Waals surface area (Å²) in [4.78, 5) is 17.0. The van der Waals surface area contributed by atoms with Crippen molar-refractivity contribution < 1.29 is 9.53 Å². The quantitative estimate of drug-likeness (QED) is 0.678. The van der Waals surface area contributed by atoms with Crippen LogP contribution in [0.5, 0.6) is 0 Å². The van der Waals surface area contributed by atoms with Gasteiger partial charge in [-0.15, -0.1) is 0 Å². The lowest BCUT2D eigenvalue weighted by Gasteiger charge is -2.15. The van der Waals surface area contributed by atoms with E-state index in [9.17, 15) is 4.79 Å². The molecule has 0 radical (unpaired) electrons. The first kappa shape index (κ1) is 8.99. The van der Waals surface area contributed by atoms with Gasteiger partial charge in [0, 0.05) is 13.2 Å². The second-order valence-electron chi connectivity index (χ2n) is 3.41. The maximum Gasteiger partial charge on any atom is 0.410 e. The normalized spacial score (nSPS) is 26.4. The fraction of sp³-hybridized carbons (Fsp3) is 0.400. The van der Waals surface area contributed by atoms with Crippen molar-refractivity contribution in [2.75, 3.05) is 7.05 Å². The molecule has 0 bridgehead atoms. The molecule has 2 atom stereocenters. The minimum absolute atomic E-state index is 0.0393. The first-order valence-corrected chi connectivity index (χ1v) is 4.54. The predicted molar refractivity (Wildman–Crippen MR) is 50.7 cm³/mol. The monoisotopic (exact) mass is 192 g/mol. The lowest BCUT2D eigenvalue weighted by Crippen LogP contribution is -2.27. The molecule has 1 aromatic heterocycles. The van der Waals surface area contributed by atoms with Crippen molar-refractivity contribution in [3.63, 3.8) is 0 Å². The summed E-state index contributed by atoms with van der Waals surface area (Å²) in [5.41, 5.74) is 0.803. The number of carbonyl (C=O) groups is 1. The Morgan fingerprint density at radius 3 is 2.79 bits per heavy atom. The Morgan fingerprint density at radius 2 is 2.29 bits per heavy atom. The highest BCUT2D eigenvalue weighted by molar-refractivity contribution is 5.70.